The number of hydrogen-bond donors (Lipinski definition) is 1. The first-order chi connectivity index (χ1) is 9.66. The number of ketones is 1. The van der Waals surface area contributed by atoms with Gasteiger partial charge in [-0.25, -0.2) is 0 Å². The summed E-state index contributed by atoms with van der Waals surface area (Å²) in [4.78, 5) is 23.7. The maximum Gasteiger partial charge on any atom is 0.224 e. The van der Waals surface area contributed by atoms with Gasteiger partial charge < -0.3 is 5.32 Å². The summed E-state index contributed by atoms with van der Waals surface area (Å²) in [7, 11) is 0. The van der Waals surface area contributed by atoms with E-state index in [9.17, 15) is 9.59 Å². The molecule has 0 aliphatic carbocycles. The maximum atomic E-state index is 11.9. The molecule has 0 unspecified atom stereocenters. The van der Waals surface area contributed by atoms with E-state index in [0.29, 0.717) is 12.0 Å². The minimum atomic E-state index is -0.136. The zero-order chi connectivity index (χ0) is 14.4. The van der Waals surface area contributed by atoms with E-state index in [1.807, 2.05) is 49.4 Å². The third kappa shape index (κ3) is 3.79. The minimum absolute atomic E-state index is 0.0364. The molecule has 2 aromatic carbocycles. The van der Waals surface area contributed by atoms with E-state index in [1.165, 1.54) is 0 Å². The van der Waals surface area contributed by atoms with Crippen LogP contribution >= 0.6 is 0 Å². The monoisotopic (exact) mass is 267 g/mol. The molecule has 2 aromatic rings. The second-order valence-corrected chi connectivity index (χ2v) is 4.67. The summed E-state index contributed by atoms with van der Waals surface area (Å²) in [6, 6.07) is 16.7. The number of amides is 1. The molecular formula is C17H17NO2. The first-order valence-corrected chi connectivity index (χ1v) is 6.56. The first kappa shape index (κ1) is 14.0. The zero-order valence-electron chi connectivity index (χ0n) is 11.4. The van der Waals surface area contributed by atoms with Gasteiger partial charge in [0.05, 0.1) is 13.0 Å². The lowest BCUT2D eigenvalue weighted by Gasteiger charge is -2.07. The van der Waals surface area contributed by atoms with E-state index in [4.69, 9.17) is 0 Å². The standard InChI is InChI=1S/C17H17NO2/c1-13-7-5-6-10-15(13)11-17(20)18-12-16(19)14-8-3-2-4-9-14/h2-10H,11-12H2,1H3,(H,18,20). The van der Waals surface area contributed by atoms with E-state index >= 15 is 0 Å². The summed E-state index contributed by atoms with van der Waals surface area (Å²) in [6.07, 6.45) is 0.300. The zero-order valence-corrected chi connectivity index (χ0v) is 11.4. The molecule has 0 spiro atoms. The van der Waals surface area contributed by atoms with Crippen LogP contribution in [0.15, 0.2) is 54.6 Å². The van der Waals surface area contributed by atoms with Crippen LogP contribution in [0.3, 0.4) is 0 Å². The van der Waals surface area contributed by atoms with Gasteiger partial charge in [-0.2, -0.15) is 0 Å². The highest BCUT2D eigenvalue weighted by molar-refractivity contribution is 5.99. The molecule has 3 nitrogen and oxygen atoms in total. The highest BCUT2D eigenvalue weighted by Crippen LogP contribution is 2.07. The Kier molecular flexibility index (Phi) is 4.66. The fraction of sp³-hybridized carbons (Fsp3) is 0.176. The molecule has 0 radical (unpaired) electrons. The molecule has 0 heterocycles. The van der Waals surface area contributed by atoms with Crippen molar-refractivity contribution in [3.63, 3.8) is 0 Å². The van der Waals surface area contributed by atoms with Gasteiger partial charge in [0.2, 0.25) is 5.91 Å². The number of rotatable bonds is 5. The molecule has 0 saturated carbocycles. The van der Waals surface area contributed by atoms with E-state index < -0.39 is 0 Å². The Bertz CT molecular complexity index is 605. The Morgan fingerprint density at radius 1 is 0.950 bits per heavy atom. The predicted octanol–water partition coefficient (Wildman–Crippen LogP) is 2.54. The Labute approximate surface area is 118 Å². The van der Waals surface area contributed by atoms with E-state index in [-0.39, 0.29) is 18.2 Å². The molecule has 0 aromatic heterocycles. The molecule has 0 aliphatic heterocycles. The summed E-state index contributed by atoms with van der Waals surface area (Å²) in [5.41, 5.74) is 2.68. The third-order valence-electron chi connectivity index (χ3n) is 3.15. The highest BCUT2D eigenvalue weighted by atomic mass is 16.2. The van der Waals surface area contributed by atoms with Gasteiger partial charge >= 0.3 is 0 Å². The minimum Gasteiger partial charge on any atom is -0.348 e. The second-order valence-electron chi connectivity index (χ2n) is 4.67. The number of Topliss-reactive ketones (excluding diaryl/α,β-unsaturated/α-hetero) is 1. The number of aryl methyl sites for hydroxylation is 1. The summed E-state index contributed by atoms with van der Waals surface area (Å²) in [5.74, 6) is -0.215. The third-order valence-corrected chi connectivity index (χ3v) is 3.15. The fourth-order valence-electron chi connectivity index (χ4n) is 1.95. The van der Waals surface area contributed by atoms with Crippen LogP contribution in [0, 0.1) is 6.92 Å². The summed E-state index contributed by atoms with van der Waals surface area (Å²) in [6.45, 7) is 2.01. The number of benzene rings is 2. The Morgan fingerprint density at radius 2 is 1.60 bits per heavy atom. The van der Waals surface area contributed by atoms with E-state index in [0.717, 1.165) is 11.1 Å². The van der Waals surface area contributed by atoms with Crippen LogP contribution in [0.5, 0.6) is 0 Å². The molecule has 0 saturated heterocycles. The van der Waals surface area contributed by atoms with Crippen LogP contribution < -0.4 is 5.32 Å². The summed E-state index contributed by atoms with van der Waals surface area (Å²) < 4.78 is 0. The van der Waals surface area contributed by atoms with Crippen LogP contribution in [-0.2, 0) is 11.2 Å². The van der Waals surface area contributed by atoms with Crippen molar-refractivity contribution in [2.45, 2.75) is 13.3 Å². The average molecular weight is 267 g/mol. The lowest BCUT2D eigenvalue weighted by molar-refractivity contribution is -0.120. The molecule has 3 heteroatoms. The van der Waals surface area contributed by atoms with Crippen LogP contribution in [-0.4, -0.2) is 18.2 Å². The molecule has 2 rings (SSSR count). The molecule has 0 aliphatic rings. The Hall–Kier alpha value is -2.42. The van der Waals surface area contributed by atoms with Gasteiger partial charge in [-0.05, 0) is 18.1 Å². The normalized spacial score (nSPS) is 10.1. The summed E-state index contributed by atoms with van der Waals surface area (Å²) in [5, 5.41) is 2.67. The topological polar surface area (TPSA) is 46.2 Å². The van der Waals surface area contributed by atoms with E-state index in [1.54, 1.807) is 12.1 Å². The van der Waals surface area contributed by atoms with Gasteiger partial charge in [0.1, 0.15) is 0 Å². The van der Waals surface area contributed by atoms with Crippen molar-refractivity contribution >= 4 is 11.7 Å². The fourth-order valence-corrected chi connectivity index (χ4v) is 1.95. The average Bonchev–Trinajstić information content (AvgIpc) is 2.48. The molecule has 1 N–H and O–H groups in total. The molecule has 0 fully saturated rings. The van der Waals surface area contributed by atoms with E-state index in [2.05, 4.69) is 5.32 Å². The van der Waals surface area contributed by atoms with Gasteiger partial charge in [0.15, 0.2) is 5.78 Å². The van der Waals surface area contributed by atoms with Gasteiger partial charge in [-0.1, -0.05) is 54.6 Å². The van der Waals surface area contributed by atoms with Crippen LogP contribution in [0.4, 0.5) is 0 Å². The Balaban J connectivity index is 1.87. The van der Waals surface area contributed by atoms with Gasteiger partial charge in [0, 0.05) is 5.56 Å². The SMILES string of the molecule is Cc1ccccc1CC(=O)NCC(=O)c1ccccc1. The smallest absolute Gasteiger partial charge is 0.224 e. The van der Waals surface area contributed by atoms with Crippen molar-refractivity contribution in [1.29, 1.82) is 0 Å². The van der Waals surface area contributed by atoms with Crippen molar-refractivity contribution in [2.75, 3.05) is 6.54 Å². The lowest BCUT2D eigenvalue weighted by Crippen LogP contribution is -2.30. The molecule has 1 amide bonds. The number of carbonyl (C=O) groups is 2. The molecule has 20 heavy (non-hydrogen) atoms. The van der Waals surface area contributed by atoms with Crippen molar-refractivity contribution in [3.05, 3.63) is 71.3 Å². The highest BCUT2D eigenvalue weighted by Gasteiger charge is 2.09. The van der Waals surface area contributed by atoms with Gasteiger partial charge in [-0.15, -0.1) is 0 Å². The van der Waals surface area contributed by atoms with Crippen LogP contribution in [0.25, 0.3) is 0 Å². The molecular weight excluding hydrogens is 250 g/mol. The maximum absolute atomic E-state index is 11.9. The molecule has 0 atom stereocenters. The van der Waals surface area contributed by atoms with Crippen molar-refractivity contribution in [2.24, 2.45) is 0 Å². The van der Waals surface area contributed by atoms with Crippen molar-refractivity contribution in [3.8, 4) is 0 Å². The van der Waals surface area contributed by atoms with Crippen molar-refractivity contribution < 1.29 is 9.59 Å². The molecule has 102 valence electrons. The lowest BCUT2D eigenvalue weighted by atomic mass is 10.1. The molecule has 0 bridgehead atoms. The number of carbonyl (C=O) groups excluding carboxylic acids is 2. The number of hydrogen-bond acceptors (Lipinski definition) is 2. The number of nitrogens with one attached hydrogen (secondary N) is 1. The summed E-state index contributed by atoms with van der Waals surface area (Å²) >= 11 is 0. The Morgan fingerprint density at radius 3 is 2.30 bits per heavy atom. The van der Waals surface area contributed by atoms with Gasteiger partial charge in [0.25, 0.3) is 0 Å². The van der Waals surface area contributed by atoms with Crippen LogP contribution in [0.2, 0.25) is 0 Å². The first-order valence-electron chi connectivity index (χ1n) is 6.56. The largest absolute Gasteiger partial charge is 0.348 e. The quantitative estimate of drug-likeness (QED) is 0.846. The van der Waals surface area contributed by atoms with Crippen molar-refractivity contribution in [1.82, 2.24) is 5.32 Å². The van der Waals surface area contributed by atoms with Gasteiger partial charge in [-0.3, -0.25) is 9.59 Å². The van der Waals surface area contributed by atoms with Crippen LogP contribution in [0.1, 0.15) is 21.5 Å². The predicted molar refractivity (Wildman–Crippen MR) is 78.7 cm³/mol. The second kappa shape index (κ2) is 6.66.